The molecular formula is C15H20O4. The minimum Gasteiger partial charge on any atom is -0.458 e. The van der Waals surface area contributed by atoms with E-state index in [0.717, 1.165) is 5.57 Å². The molecule has 2 fully saturated rings. The van der Waals surface area contributed by atoms with Gasteiger partial charge >= 0.3 is 5.97 Å². The summed E-state index contributed by atoms with van der Waals surface area (Å²) in [5, 5.41) is 20.3. The topological polar surface area (TPSA) is 66.8 Å². The van der Waals surface area contributed by atoms with Gasteiger partial charge in [0.1, 0.15) is 6.10 Å². The zero-order valence-corrected chi connectivity index (χ0v) is 11.3. The molecule has 4 heteroatoms. The first-order valence-electron chi connectivity index (χ1n) is 6.79. The molecule has 4 nitrogen and oxygen atoms in total. The number of hydrogen-bond acceptors (Lipinski definition) is 4. The van der Waals surface area contributed by atoms with Crippen LogP contribution in [0.15, 0.2) is 23.3 Å². The van der Waals surface area contributed by atoms with Crippen LogP contribution in [0.1, 0.15) is 33.1 Å². The monoisotopic (exact) mass is 264 g/mol. The summed E-state index contributed by atoms with van der Waals surface area (Å²) in [6, 6.07) is 0. The van der Waals surface area contributed by atoms with Gasteiger partial charge in [0.05, 0.1) is 12.2 Å². The van der Waals surface area contributed by atoms with Crippen molar-refractivity contribution in [2.45, 2.75) is 51.4 Å². The van der Waals surface area contributed by atoms with Crippen LogP contribution in [0, 0.1) is 11.3 Å². The second-order valence-electron chi connectivity index (χ2n) is 6.38. The fourth-order valence-electron chi connectivity index (χ4n) is 4.04. The summed E-state index contributed by atoms with van der Waals surface area (Å²) >= 11 is 0. The zero-order valence-electron chi connectivity index (χ0n) is 11.3. The lowest BCUT2D eigenvalue weighted by atomic mass is 9.58. The van der Waals surface area contributed by atoms with E-state index in [4.69, 9.17) is 4.74 Å². The Hall–Kier alpha value is -1.13. The lowest BCUT2D eigenvalue weighted by Gasteiger charge is -2.49. The largest absolute Gasteiger partial charge is 0.458 e. The fourth-order valence-corrected chi connectivity index (χ4v) is 4.04. The van der Waals surface area contributed by atoms with Crippen LogP contribution in [0.3, 0.4) is 0 Å². The fraction of sp³-hybridized carbons (Fsp3) is 0.667. The maximum absolute atomic E-state index is 11.6. The first-order valence-corrected chi connectivity index (χ1v) is 6.79. The number of carbonyl (C=O) groups excluding carboxylic acids is 1. The molecular weight excluding hydrogens is 244 g/mol. The summed E-state index contributed by atoms with van der Waals surface area (Å²) < 4.78 is 5.36. The van der Waals surface area contributed by atoms with Crippen LogP contribution in [0.25, 0.3) is 0 Å². The predicted octanol–water partition coefficient (Wildman–Crippen LogP) is 1.33. The molecule has 0 radical (unpaired) electrons. The highest BCUT2D eigenvalue weighted by Gasteiger charge is 2.54. The molecule has 5 atom stereocenters. The van der Waals surface area contributed by atoms with Crippen LogP contribution in [0.5, 0.6) is 0 Å². The van der Waals surface area contributed by atoms with E-state index in [1.807, 2.05) is 13.8 Å². The summed E-state index contributed by atoms with van der Waals surface area (Å²) in [4.78, 5) is 11.6. The number of aliphatic hydroxyl groups is 2. The molecule has 1 saturated carbocycles. The van der Waals surface area contributed by atoms with Crippen molar-refractivity contribution in [3.05, 3.63) is 23.3 Å². The van der Waals surface area contributed by atoms with Gasteiger partial charge in [-0.1, -0.05) is 24.6 Å². The lowest BCUT2D eigenvalue weighted by Crippen LogP contribution is -2.51. The highest BCUT2D eigenvalue weighted by atomic mass is 16.6. The highest BCUT2D eigenvalue weighted by Crippen LogP contribution is 2.54. The van der Waals surface area contributed by atoms with Crippen LogP contribution >= 0.6 is 0 Å². The van der Waals surface area contributed by atoms with E-state index in [1.54, 1.807) is 0 Å². The molecule has 0 spiro atoms. The van der Waals surface area contributed by atoms with Crippen molar-refractivity contribution in [1.82, 2.24) is 0 Å². The van der Waals surface area contributed by atoms with Crippen molar-refractivity contribution in [2.24, 2.45) is 11.3 Å². The Labute approximate surface area is 112 Å². The second-order valence-corrected chi connectivity index (χ2v) is 6.38. The van der Waals surface area contributed by atoms with Gasteiger partial charge in [-0.15, -0.1) is 0 Å². The van der Waals surface area contributed by atoms with Crippen LogP contribution in [-0.2, 0) is 9.53 Å². The van der Waals surface area contributed by atoms with E-state index in [1.165, 1.54) is 5.57 Å². The van der Waals surface area contributed by atoms with Gasteiger partial charge < -0.3 is 14.9 Å². The van der Waals surface area contributed by atoms with Gasteiger partial charge in [0.25, 0.3) is 0 Å². The first kappa shape index (κ1) is 12.9. The highest BCUT2D eigenvalue weighted by molar-refractivity contribution is 5.91. The summed E-state index contributed by atoms with van der Waals surface area (Å²) in [5.74, 6) is -0.279. The van der Waals surface area contributed by atoms with E-state index in [9.17, 15) is 15.0 Å². The van der Waals surface area contributed by atoms with Crippen molar-refractivity contribution >= 4 is 5.97 Å². The molecule has 0 amide bonds. The van der Waals surface area contributed by atoms with Crippen LogP contribution in [0.4, 0.5) is 0 Å². The molecule has 104 valence electrons. The van der Waals surface area contributed by atoms with Crippen molar-refractivity contribution in [2.75, 3.05) is 0 Å². The Balaban J connectivity index is 2.02. The number of aliphatic hydroxyl groups excluding tert-OH is 2. The third kappa shape index (κ3) is 1.63. The van der Waals surface area contributed by atoms with Crippen molar-refractivity contribution in [3.8, 4) is 0 Å². The zero-order chi connectivity index (χ0) is 13.9. The van der Waals surface area contributed by atoms with Gasteiger partial charge in [-0.05, 0) is 26.2 Å². The van der Waals surface area contributed by atoms with Crippen molar-refractivity contribution < 1.29 is 19.7 Å². The van der Waals surface area contributed by atoms with Gasteiger partial charge in [0.15, 0.2) is 0 Å². The van der Waals surface area contributed by atoms with Gasteiger partial charge in [0.2, 0.25) is 0 Å². The van der Waals surface area contributed by atoms with E-state index in [2.05, 4.69) is 6.58 Å². The summed E-state index contributed by atoms with van der Waals surface area (Å²) in [6.45, 7) is 7.80. The van der Waals surface area contributed by atoms with E-state index in [0.29, 0.717) is 24.8 Å². The number of rotatable bonds is 0. The quantitative estimate of drug-likeness (QED) is 0.393. The summed E-state index contributed by atoms with van der Waals surface area (Å²) in [6.07, 6.45) is 0.0474. The molecule has 3 aliphatic rings. The Morgan fingerprint density at radius 3 is 2.74 bits per heavy atom. The summed E-state index contributed by atoms with van der Waals surface area (Å²) in [7, 11) is 0. The first-order chi connectivity index (χ1) is 8.84. The normalized spacial score (nSPS) is 45.9. The summed E-state index contributed by atoms with van der Waals surface area (Å²) in [5.41, 5.74) is 2.36. The minimum absolute atomic E-state index is 0.0352. The average Bonchev–Trinajstić information content (AvgIpc) is 2.60. The molecule has 0 aromatic heterocycles. The van der Waals surface area contributed by atoms with Gasteiger partial charge in [0, 0.05) is 16.9 Å². The molecule has 0 aromatic carbocycles. The molecule has 2 N–H and O–H groups in total. The maximum Gasteiger partial charge on any atom is 0.334 e. The van der Waals surface area contributed by atoms with E-state index in [-0.39, 0.29) is 18.0 Å². The number of hydrogen-bond donors (Lipinski definition) is 2. The Morgan fingerprint density at radius 2 is 2.05 bits per heavy atom. The lowest BCUT2D eigenvalue weighted by molar-refractivity contribution is -0.143. The Kier molecular flexibility index (Phi) is 2.67. The molecule has 0 aromatic rings. The molecule has 1 aliphatic heterocycles. The third-order valence-corrected chi connectivity index (χ3v) is 5.20. The maximum atomic E-state index is 11.6. The number of carbonyl (C=O) groups is 1. The van der Waals surface area contributed by atoms with Gasteiger partial charge in [-0.2, -0.15) is 0 Å². The molecule has 19 heavy (non-hydrogen) atoms. The SMILES string of the molecule is C=C1C(=O)OC2CC3(C)C(=C(C)CC(O)C3O)CC12. The number of fused-ring (bicyclic) bond motifs is 2. The van der Waals surface area contributed by atoms with Gasteiger partial charge in [-0.25, -0.2) is 4.79 Å². The number of esters is 1. The number of ether oxygens (including phenoxy) is 1. The molecule has 5 unspecified atom stereocenters. The van der Waals surface area contributed by atoms with Crippen molar-refractivity contribution in [3.63, 3.8) is 0 Å². The van der Waals surface area contributed by atoms with E-state index < -0.39 is 17.6 Å². The molecule has 0 bridgehead atoms. The molecule has 2 aliphatic carbocycles. The Morgan fingerprint density at radius 1 is 1.37 bits per heavy atom. The second kappa shape index (κ2) is 3.93. The minimum atomic E-state index is -0.792. The molecule has 3 rings (SSSR count). The third-order valence-electron chi connectivity index (χ3n) is 5.20. The standard InChI is InChI=1S/C15H20O4/c1-7-4-11(16)13(17)15(3)6-12-9(5-10(7)15)8(2)14(18)19-12/h9,11-13,16-17H,2,4-6H2,1,3H3. The van der Waals surface area contributed by atoms with Crippen LogP contribution < -0.4 is 0 Å². The van der Waals surface area contributed by atoms with Crippen molar-refractivity contribution in [1.29, 1.82) is 0 Å². The van der Waals surface area contributed by atoms with Gasteiger partial charge in [-0.3, -0.25) is 0 Å². The van der Waals surface area contributed by atoms with Crippen LogP contribution in [-0.4, -0.2) is 34.5 Å². The van der Waals surface area contributed by atoms with Crippen LogP contribution in [0.2, 0.25) is 0 Å². The smallest absolute Gasteiger partial charge is 0.334 e. The Bertz CT molecular complexity index is 492. The van der Waals surface area contributed by atoms with E-state index >= 15 is 0 Å². The molecule has 1 saturated heterocycles. The average molecular weight is 264 g/mol. The predicted molar refractivity (Wildman–Crippen MR) is 69.2 cm³/mol. The molecule has 1 heterocycles.